The molecule has 2 rings (SSSR count). The molecule has 150 valence electrons. The fourth-order valence-corrected chi connectivity index (χ4v) is 5.87. The molecule has 28 heavy (non-hydrogen) atoms. The standard InChI is InChI=1S/C20H24O6P2/c21-19(22)11-15-27(17-7-3-1-4-8-17)25-13-14-26-28(16-12-20(23)24)18-9-5-2-6-10-18/h1-10H,11-16H2,(H,21,22)(H,23,24). The van der Waals surface area contributed by atoms with Gasteiger partial charge in [-0.3, -0.25) is 9.59 Å². The van der Waals surface area contributed by atoms with Crippen LogP contribution < -0.4 is 10.6 Å². The molecule has 2 aromatic carbocycles. The van der Waals surface area contributed by atoms with Crippen molar-refractivity contribution in [1.82, 2.24) is 0 Å². The fourth-order valence-electron chi connectivity index (χ4n) is 2.41. The number of aliphatic carboxylic acids is 2. The summed E-state index contributed by atoms with van der Waals surface area (Å²) in [5.41, 5.74) is 0. The molecule has 8 heteroatoms. The molecule has 2 unspecified atom stereocenters. The van der Waals surface area contributed by atoms with Crippen LogP contribution in [-0.4, -0.2) is 47.7 Å². The van der Waals surface area contributed by atoms with Gasteiger partial charge in [-0.15, -0.1) is 0 Å². The summed E-state index contributed by atoms with van der Waals surface area (Å²) in [7, 11) is -2.08. The normalized spacial score (nSPS) is 13.0. The third-order valence-electron chi connectivity index (χ3n) is 3.72. The number of benzene rings is 2. The minimum atomic E-state index is -1.04. The first kappa shape index (κ1) is 22.4. The highest BCUT2D eigenvalue weighted by Gasteiger charge is 2.16. The van der Waals surface area contributed by atoms with Crippen molar-refractivity contribution in [2.45, 2.75) is 12.8 Å². The van der Waals surface area contributed by atoms with Gasteiger partial charge < -0.3 is 19.3 Å². The first-order valence-electron chi connectivity index (χ1n) is 8.91. The van der Waals surface area contributed by atoms with E-state index >= 15 is 0 Å². The van der Waals surface area contributed by atoms with Crippen LogP contribution in [0.15, 0.2) is 60.7 Å². The Labute approximate surface area is 167 Å². The highest BCUT2D eigenvalue weighted by Crippen LogP contribution is 2.39. The van der Waals surface area contributed by atoms with Crippen molar-refractivity contribution in [3.05, 3.63) is 60.7 Å². The smallest absolute Gasteiger partial charge is 0.303 e. The number of hydrogen-bond donors (Lipinski definition) is 2. The second-order valence-corrected chi connectivity index (χ2v) is 9.79. The van der Waals surface area contributed by atoms with Crippen molar-refractivity contribution < 1.29 is 28.8 Å². The van der Waals surface area contributed by atoms with E-state index in [1.54, 1.807) is 0 Å². The van der Waals surface area contributed by atoms with Gasteiger partial charge in [0.1, 0.15) is 0 Å². The molecule has 0 bridgehead atoms. The van der Waals surface area contributed by atoms with E-state index in [2.05, 4.69) is 0 Å². The second-order valence-electron chi connectivity index (χ2n) is 5.83. The molecule has 0 fully saturated rings. The third kappa shape index (κ3) is 8.45. The third-order valence-corrected chi connectivity index (χ3v) is 7.72. The average molecular weight is 422 g/mol. The molecule has 6 nitrogen and oxygen atoms in total. The van der Waals surface area contributed by atoms with Crippen molar-refractivity contribution in [1.29, 1.82) is 0 Å². The van der Waals surface area contributed by atoms with E-state index in [0.29, 0.717) is 25.5 Å². The molecule has 2 aromatic rings. The van der Waals surface area contributed by atoms with Crippen molar-refractivity contribution in [2.75, 3.05) is 25.5 Å². The van der Waals surface area contributed by atoms with Crippen molar-refractivity contribution in [3.63, 3.8) is 0 Å². The van der Waals surface area contributed by atoms with Crippen molar-refractivity contribution in [3.8, 4) is 0 Å². The minimum Gasteiger partial charge on any atom is -0.481 e. The van der Waals surface area contributed by atoms with Gasteiger partial charge >= 0.3 is 11.9 Å². The van der Waals surface area contributed by atoms with Crippen LogP contribution in [0.1, 0.15) is 12.8 Å². The number of rotatable bonds is 13. The van der Waals surface area contributed by atoms with E-state index in [9.17, 15) is 9.59 Å². The summed E-state index contributed by atoms with van der Waals surface area (Å²) < 4.78 is 11.9. The summed E-state index contributed by atoms with van der Waals surface area (Å²) in [5, 5.41) is 19.9. The molecule has 2 N–H and O–H groups in total. The van der Waals surface area contributed by atoms with Gasteiger partial charge in [0.2, 0.25) is 0 Å². The number of carboxylic acids is 2. The fraction of sp³-hybridized carbons (Fsp3) is 0.300. The zero-order valence-electron chi connectivity index (χ0n) is 15.4. The molecule has 0 aliphatic rings. The zero-order valence-corrected chi connectivity index (χ0v) is 17.2. The van der Waals surface area contributed by atoms with Crippen molar-refractivity contribution in [2.24, 2.45) is 0 Å². The predicted molar refractivity (Wildman–Crippen MR) is 112 cm³/mol. The highest BCUT2D eigenvalue weighted by atomic mass is 31.1. The quantitative estimate of drug-likeness (QED) is 0.380. The summed E-state index contributed by atoms with van der Waals surface area (Å²) in [6.07, 6.45) is 0.996. The molecule has 0 spiro atoms. The number of carboxylic acid groups (broad SMARTS) is 2. The predicted octanol–water partition coefficient (Wildman–Crippen LogP) is 3.41. The van der Waals surface area contributed by atoms with E-state index in [1.807, 2.05) is 60.7 Å². The molecule has 2 atom stereocenters. The van der Waals surface area contributed by atoms with Crippen LogP contribution >= 0.6 is 16.3 Å². The van der Waals surface area contributed by atoms with Crippen LogP contribution in [0.25, 0.3) is 0 Å². The Hall–Kier alpha value is -1.84. The topological polar surface area (TPSA) is 93.1 Å². The van der Waals surface area contributed by atoms with E-state index in [0.717, 1.165) is 10.6 Å². The average Bonchev–Trinajstić information content (AvgIpc) is 2.70. The lowest BCUT2D eigenvalue weighted by Gasteiger charge is -2.20. The van der Waals surface area contributed by atoms with Crippen LogP contribution in [-0.2, 0) is 18.6 Å². The second kappa shape index (κ2) is 12.6. The van der Waals surface area contributed by atoms with Crippen molar-refractivity contribution >= 4 is 38.8 Å². The molecule has 0 aromatic heterocycles. The molecule has 0 radical (unpaired) electrons. The minimum absolute atomic E-state index is 0.0524. The molecule has 0 aliphatic heterocycles. The van der Waals surface area contributed by atoms with Crippen LogP contribution in [0.3, 0.4) is 0 Å². The first-order valence-corrected chi connectivity index (χ1v) is 11.8. The summed E-state index contributed by atoms with van der Waals surface area (Å²) in [4.78, 5) is 21.8. The van der Waals surface area contributed by atoms with Crippen LogP contribution in [0.5, 0.6) is 0 Å². The van der Waals surface area contributed by atoms with Gasteiger partial charge in [0.05, 0.1) is 42.4 Å². The van der Waals surface area contributed by atoms with Crippen LogP contribution in [0, 0.1) is 0 Å². The maximum absolute atomic E-state index is 10.9. The van der Waals surface area contributed by atoms with Gasteiger partial charge in [0, 0.05) is 22.9 Å². The first-order chi connectivity index (χ1) is 13.6. The van der Waals surface area contributed by atoms with E-state index < -0.39 is 28.2 Å². The maximum Gasteiger partial charge on any atom is 0.303 e. The summed E-state index contributed by atoms with van der Waals surface area (Å²) in [5.74, 6) is -1.69. The largest absolute Gasteiger partial charge is 0.481 e. The number of carbonyl (C=O) groups is 2. The Kier molecular flexibility index (Phi) is 10.1. The van der Waals surface area contributed by atoms with Gasteiger partial charge in [0.25, 0.3) is 0 Å². The van der Waals surface area contributed by atoms with Gasteiger partial charge in [-0.1, -0.05) is 60.7 Å². The molecular weight excluding hydrogens is 398 g/mol. The van der Waals surface area contributed by atoms with E-state index in [4.69, 9.17) is 19.3 Å². The molecule has 0 aliphatic carbocycles. The van der Waals surface area contributed by atoms with Crippen LogP contribution in [0.4, 0.5) is 0 Å². The summed E-state index contributed by atoms with van der Waals surface area (Å²) in [6.45, 7) is 0.665. The Morgan fingerprint density at radius 2 is 1.04 bits per heavy atom. The molecule has 0 amide bonds. The van der Waals surface area contributed by atoms with Gasteiger partial charge in [-0.2, -0.15) is 0 Å². The lowest BCUT2D eigenvalue weighted by Crippen LogP contribution is -2.13. The van der Waals surface area contributed by atoms with Gasteiger partial charge in [-0.25, -0.2) is 0 Å². The van der Waals surface area contributed by atoms with E-state index in [1.165, 1.54) is 0 Å². The Bertz CT molecular complexity index is 662. The lowest BCUT2D eigenvalue weighted by molar-refractivity contribution is -0.137. The van der Waals surface area contributed by atoms with Gasteiger partial charge in [0.15, 0.2) is 0 Å². The molecule has 0 saturated heterocycles. The molecule has 0 heterocycles. The SMILES string of the molecule is O=C(O)CCP(OCCOP(CCC(=O)O)c1ccccc1)c1ccccc1. The monoisotopic (exact) mass is 422 g/mol. The molecule has 0 saturated carbocycles. The van der Waals surface area contributed by atoms with E-state index in [-0.39, 0.29) is 12.8 Å². The zero-order chi connectivity index (χ0) is 20.2. The Morgan fingerprint density at radius 1 is 0.679 bits per heavy atom. The lowest BCUT2D eigenvalue weighted by atomic mass is 10.4. The Balaban J connectivity index is 1.89. The van der Waals surface area contributed by atoms with Crippen LogP contribution in [0.2, 0.25) is 0 Å². The highest BCUT2D eigenvalue weighted by molar-refractivity contribution is 7.61. The number of hydrogen-bond acceptors (Lipinski definition) is 4. The van der Waals surface area contributed by atoms with Gasteiger partial charge in [-0.05, 0) is 0 Å². The molecular formula is C20H24O6P2. The summed E-state index contributed by atoms with van der Waals surface area (Å²) in [6, 6.07) is 19.2. The summed E-state index contributed by atoms with van der Waals surface area (Å²) >= 11 is 0. The maximum atomic E-state index is 10.9. The Morgan fingerprint density at radius 3 is 1.36 bits per heavy atom.